The van der Waals surface area contributed by atoms with Gasteiger partial charge in [0.05, 0.1) is 5.39 Å². The summed E-state index contributed by atoms with van der Waals surface area (Å²) in [6.45, 7) is 0. The summed E-state index contributed by atoms with van der Waals surface area (Å²) in [5, 5.41) is 27.6. The summed E-state index contributed by atoms with van der Waals surface area (Å²) in [6, 6.07) is 2.80. The van der Waals surface area contributed by atoms with Crippen molar-refractivity contribution in [1.29, 1.82) is 0 Å². The summed E-state index contributed by atoms with van der Waals surface area (Å²) in [5.41, 5.74) is 3.43. The van der Waals surface area contributed by atoms with Crippen molar-refractivity contribution in [3.05, 3.63) is 39.8 Å². The van der Waals surface area contributed by atoms with Gasteiger partial charge in [0, 0.05) is 5.56 Å². The van der Waals surface area contributed by atoms with Gasteiger partial charge in [0.15, 0.2) is 23.1 Å². The molecule has 0 heterocycles. The molecule has 0 unspecified atom stereocenters. The first kappa shape index (κ1) is 15.4. The van der Waals surface area contributed by atoms with E-state index in [1.54, 1.807) is 0 Å². The van der Waals surface area contributed by atoms with Crippen LogP contribution >= 0.6 is 0 Å². The van der Waals surface area contributed by atoms with E-state index in [-0.39, 0.29) is 10.9 Å². The predicted octanol–water partition coefficient (Wildman–Crippen LogP) is 0.843. The molecule has 2 aromatic rings. The molecule has 0 saturated carbocycles. The summed E-state index contributed by atoms with van der Waals surface area (Å²) in [4.78, 5) is 22.4. The molecule has 0 radical (unpaired) electrons. The number of aromatic hydroxyl groups is 3. The molecule has 0 fully saturated rings. The van der Waals surface area contributed by atoms with E-state index in [0.717, 1.165) is 18.2 Å². The summed E-state index contributed by atoms with van der Waals surface area (Å²) in [5.74, 6) is -3.98. The molecule has 5 N–H and O–H groups in total. The second-order valence-corrected chi connectivity index (χ2v) is 3.64. The Hall–Kier alpha value is -2.67. The lowest BCUT2D eigenvalue weighted by molar-refractivity contribution is 0.112. The molecule has 2 rings (SSSR count). The van der Waals surface area contributed by atoms with Crippen LogP contribution in [-0.2, 0) is 0 Å². The maximum Gasteiger partial charge on any atom is 0.231 e. The number of nitrogens with two attached hydrogens (primary N) is 1. The van der Waals surface area contributed by atoms with Crippen LogP contribution in [0.2, 0.25) is 0 Å². The zero-order chi connectivity index (χ0) is 15.4. The second-order valence-electron chi connectivity index (χ2n) is 3.64. The number of benzene rings is 1. The Bertz CT molecular complexity index is 730. The third-order valence-corrected chi connectivity index (χ3v) is 2.48. The molecule has 0 aliphatic rings. The van der Waals surface area contributed by atoms with Crippen molar-refractivity contribution in [1.82, 2.24) is 0 Å². The highest BCUT2D eigenvalue weighted by molar-refractivity contribution is 5.93. The van der Waals surface area contributed by atoms with Gasteiger partial charge in [-0.2, -0.15) is 0 Å². The number of phenolic OH excluding ortho intramolecular Hbond substituents is 2. The molecule has 0 atom stereocenters. The van der Waals surface area contributed by atoms with E-state index in [0.29, 0.717) is 6.29 Å². The minimum atomic E-state index is -1.14. The van der Waals surface area contributed by atoms with Crippen LogP contribution < -0.4 is 11.2 Å². The third kappa shape index (κ3) is 2.52. The summed E-state index contributed by atoms with van der Waals surface area (Å²) < 4.78 is 13.2. The number of fused-ring (bicyclic) bond motifs is 1. The molecule has 7 heteroatoms. The van der Waals surface area contributed by atoms with Crippen molar-refractivity contribution in [2.24, 2.45) is 5.73 Å². The first-order valence-corrected chi connectivity index (χ1v) is 5.40. The first-order valence-electron chi connectivity index (χ1n) is 5.40. The topological polar surface area (TPSA) is 121 Å². The van der Waals surface area contributed by atoms with Crippen molar-refractivity contribution in [3.8, 4) is 17.2 Å². The molecule has 0 aromatic heterocycles. The Morgan fingerprint density at radius 2 is 1.70 bits per heavy atom. The molecule has 0 aliphatic carbocycles. The zero-order valence-corrected chi connectivity index (χ0v) is 10.4. The van der Waals surface area contributed by atoms with Crippen molar-refractivity contribution >= 4 is 17.1 Å². The van der Waals surface area contributed by atoms with E-state index in [4.69, 9.17) is 0 Å². The Morgan fingerprint density at radius 3 is 2.25 bits per heavy atom. The number of phenols is 2. The lowest BCUT2D eigenvalue weighted by atomic mass is 10.1. The van der Waals surface area contributed by atoms with Crippen LogP contribution in [0.5, 0.6) is 17.2 Å². The van der Waals surface area contributed by atoms with Gasteiger partial charge in [-0.05, 0) is 30.6 Å². The molecule has 0 spiro atoms. The fourth-order valence-electron chi connectivity index (χ4n) is 1.64. The quantitative estimate of drug-likeness (QED) is 0.454. The number of carbonyl (C=O) groups is 1. The van der Waals surface area contributed by atoms with Gasteiger partial charge in [-0.3, -0.25) is 9.59 Å². The Balaban J connectivity index is 0.000000956. The monoisotopic (exact) mass is 281 g/mol. The lowest BCUT2D eigenvalue weighted by Crippen LogP contribution is -1.98. The zero-order valence-electron chi connectivity index (χ0n) is 10.4. The smallest absolute Gasteiger partial charge is 0.231 e. The molecule has 0 saturated heterocycles. The lowest BCUT2D eigenvalue weighted by Gasteiger charge is -2.01. The van der Waals surface area contributed by atoms with Gasteiger partial charge in [-0.1, -0.05) is 0 Å². The number of hydrogen-bond acceptors (Lipinski definition) is 6. The van der Waals surface area contributed by atoms with Crippen LogP contribution in [0, 0.1) is 5.82 Å². The largest absolute Gasteiger partial charge is 0.504 e. The van der Waals surface area contributed by atoms with E-state index in [1.165, 1.54) is 7.05 Å². The van der Waals surface area contributed by atoms with Gasteiger partial charge >= 0.3 is 0 Å². The average molecular weight is 281 g/mol. The molecule has 2 aromatic carbocycles. The average Bonchev–Trinajstić information content (AvgIpc) is 2.56. The van der Waals surface area contributed by atoms with Gasteiger partial charge in [0.2, 0.25) is 5.43 Å². The van der Waals surface area contributed by atoms with E-state index in [2.05, 4.69) is 5.73 Å². The van der Waals surface area contributed by atoms with Gasteiger partial charge in [-0.25, -0.2) is 4.39 Å². The molecule has 0 bridgehead atoms. The van der Waals surface area contributed by atoms with E-state index >= 15 is 0 Å². The molecular formula is C13H12FNO5. The summed E-state index contributed by atoms with van der Waals surface area (Å²) >= 11 is 0. The van der Waals surface area contributed by atoms with Crippen LogP contribution in [0.4, 0.5) is 4.39 Å². The van der Waals surface area contributed by atoms with Crippen LogP contribution in [0.3, 0.4) is 0 Å². The molecule has 0 aliphatic heterocycles. The Kier molecular flexibility index (Phi) is 4.60. The number of halogens is 1. The third-order valence-electron chi connectivity index (χ3n) is 2.48. The van der Waals surface area contributed by atoms with Gasteiger partial charge in [0.1, 0.15) is 6.29 Å². The van der Waals surface area contributed by atoms with Crippen molar-refractivity contribution in [3.63, 3.8) is 0 Å². The number of aldehydes is 1. The van der Waals surface area contributed by atoms with Crippen LogP contribution in [-0.4, -0.2) is 28.7 Å². The molecular weight excluding hydrogens is 269 g/mol. The fourth-order valence-corrected chi connectivity index (χ4v) is 1.64. The fraction of sp³-hybridized carbons (Fsp3) is 0.0769. The van der Waals surface area contributed by atoms with Gasteiger partial charge < -0.3 is 21.1 Å². The van der Waals surface area contributed by atoms with E-state index in [1.807, 2.05) is 0 Å². The maximum absolute atomic E-state index is 13.2. The first-order chi connectivity index (χ1) is 9.45. The Morgan fingerprint density at radius 1 is 1.10 bits per heavy atom. The number of hydrogen-bond donors (Lipinski definition) is 4. The van der Waals surface area contributed by atoms with Crippen molar-refractivity contribution in [2.45, 2.75) is 0 Å². The minimum absolute atomic E-state index is 0.0657. The minimum Gasteiger partial charge on any atom is -0.504 e. The molecule has 0 amide bonds. The van der Waals surface area contributed by atoms with Crippen molar-refractivity contribution < 1.29 is 24.5 Å². The van der Waals surface area contributed by atoms with Crippen LogP contribution in [0.25, 0.3) is 10.8 Å². The standard InChI is InChI=1S/C12H7FO5.CH5N/c13-7-3-6-1-5(4-14)2-8(15)11(17)9(6)12(18)10(7)16;1-2/h1-4,16,18H,(H,15,17);2H2,1H3. The number of carbonyl (C=O) groups excluding carboxylic acids is 1. The summed E-state index contributed by atoms with van der Waals surface area (Å²) in [7, 11) is 1.50. The molecule has 20 heavy (non-hydrogen) atoms. The normalized spacial score (nSPS) is 9.75. The van der Waals surface area contributed by atoms with Gasteiger partial charge in [-0.15, -0.1) is 0 Å². The number of rotatable bonds is 1. The Labute approximate surface area is 112 Å². The molecule has 106 valence electrons. The highest BCUT2D eigenvalue weighted by atomic mass is 19.1. The highest BCUT2D eigenvalue weighted by Crippen LogP contribution is 2.34. The van der Waals surface area contributed by atoms with Crippen LogP contribution in [0.1, 0.15) is 10.4 Å². The predicted molar refractivity (Wildman–Crippen MR) is 70.7 cm³/mol. The maximum atomic E-state index is 13.2. The SMILES string of the molecule is CN.O=Cc1cc(O)c(=O)c2c(O)c(O)c(F)cc2c1. The van der Waals surface area contributed by atoms with E-state index in [9.17, 15) is 29.3 Å². The molecule has 6 nitrogen and oxygen atoms in total. The highest BCUT2D eigenvalue weighted by Gasteiger charge is 2.16. The van der Waals surface area contributed by atoms with E-state index < -0.39 is 33.9 Å². The van der Waals surface area contributed by atoms with Crippen molar-refractivity contribution in [2.75, 3.05) is 7.05 Å². The summed E-state index contributed by atoms with van der Waals surface area (Å²) in [6.07, 6.45) is 0.362. The van der Waals surface area contributed by atoms with Gasteiger partial charge in [0.25, 0.3) is 0 Å². The van der Waals surface area contributed by atoms with Crippen LogP contribution in [0.15, 0.2) is 23.0 Å². The second kappa shape index (κ2) is 5.98.